The minimum atomic E-state index is 0.0208. The van der Waals surface area contributed by atoms with Crippen molar-refractivity contribution in [3.05, 3.63) is 6.92 Å². The van der Waals surface area contributed by atoms with Gasteiger partial charge in [-0.2, -0.15) is 0 Å². The van der Waals surface area contributed by atoms with Crippen molar-refractivity contribution in [1.82, 2.24) is 5.32 Å². The first kappa shape index (κ1) is 10.5. The molecule has 1 amide bonds. The van der Waals surface area contributed by atoms with Crippen LogP contribution < -0.4 is 5.32 Å². The van der Waals surface area contributed by atoms with Gasteiger partial charge in [-0.05, 0) is 19.3 Å². The lowest BCUT2D eigenvalue weighted by Crippen LogP contribution is -2.41. The Morgan fingerprint density at radius 1 is 1.55 bits per heavy atom. The molecule has 0 spiro atoms. The third kappa shape index (κ3) is 4.02. The van der Waals surface area contributed by atoms with E-state index in [-0.39, 0.29) is 17.4 Å². The van der Waals surface area contributed by atoms with Crippen LogP contribution in [0.25, 0.3) is 0 Å². The van der Waals surface area contributed by atoms with Gasteiger partial charge in [0.25, 0.3) is 0 Å². The van der Waals surface area contributed by atoms with E-state index >= 15 is 0 Å². The molecule has 11 heavy (non-hydrogen) atoms. The van der Waals surface area contributed by atoms with Crippen LogP contribution in [-0.2, 0) is 4.79 Å². The summed E-state index contributed by atoms with van der Waals surface area (Å²) >= 11 is 0. The molecule has 0 aromatic heterocycles. The van der Waals surface area contributed by atoms with E-state index < -0.39 is 0 Å². The average Bonchev–Trinajstić information content (AvgIpc) is 1.85. The molecule has 1 radical (unpaired) electrons. The average molecular weight is 156 g/mol. The molecule has 2 heteroatoms. The Labute approximate surface area is 69.4 Å². The molecule has 0 aliphatic heterocycles. The van der Waals surface area contributed by atoms with Crippen LogP contribution >= 0.6 is 0 Å². The molecular weight excluding hydrogens is 138 g/mol. The number of amides is 1. The van der Waals surface area contributed by atoms with Crippen LogP contribution in [0.15, 0.2) is 0 Å². The van der Waals surface area contributed by atoms with Gasteiger partial charge < -0.3 is 5.32 Å². The van der Waals surface area contributed by atoms with Crippen molar-refractivity contribution in [3.63, 3.8) is 0 Å². The normalized spacial score (nSPS) is 14.3. The topological polar surface area (TPSA) is 29.1 Å². The zero-order valence-corrected chi connectivity index (χ0v) is 7.90. The first-order valence-electron chi connectivity index (χ1n) is 3.96. The molecule has 0 rings (SSSR count). The molecule has 1 N–H and O–H groups in total. The Hall–Kier alpha value is -0.530. The third-order valence-electron chi connectivity index (χ3n) is 1.90. The molecule has 1 atom stereocenters. The van der Waals surface area contributed by atoms with Gasteiger partial charge in [0.05, 0.1) is 0 Å². The Morgan fingerprint density at radius 2 is 2.00 bits per heavy atom. The van der Waals surface area contributed by atoms with E-state index in [1.54, 1.807) is 0 Å². The molecule has 0 bridgehead atoms. The predicted octanol–water partition coefficient (Wildman–Crippen LogP) is 1.76. The number of carbonyl (C=O) groups is 1. The number of carbonyl (C=O) groups excluding carboxylic acids is 1. The Morgan fingerprint density at radius 3 is 2.27 bits per heavy atom. The van der Waals surface area contributed by atoms with Gasteiger partial charge in [-0.25, -0.2) is 0 Å². The summed E-state index contributed by atoms with van der Waals surface area (Å²) in [5, 5.41) is 2.87. The van der Waals surface area contributed by atoms with Crippen molar-refractivity contribution in [1.29, 1.82) is 0 Å². The molecule has 0 aromatic carbocycles. The molecule has 0 aliphatic carbocycles. The largest absolute Gasteiger partial charge is 0.353 e. The van der Waals surface area contributed by atoms with Crippen LogP contribution in [-0.4, -0.2) is 11.9 Å². The maximum atomic E-state index is 10.9. The third-order valence-corrected chi connectivity index (χ3v) is 1.90. The second-order valence-corrected chi connectivity index (χ2v) is 3.91. The molecular formula is C9H18NO. The number of hydrogen-bond acceptors (Lipinski definition) is 1. The maximum Gasteiger partial charge on any atom is 0.220 e. The first-order valence-corrected chi connectivity index (χ1v) is 3.96. The van der Waals surface area contributed by atoms with Crippen LogP contribution in [0.5, 0.6) is 0 Å². The van der Waals surface area contributed by atoms with E-state index in [0.717, 1.165) is 0 Å². The highest BCUT2D eigenvalue weighted by atomic mass is 16.1. The fraction of sp³-hybridized carbons (Fsp3) is 0.778. The van der Waals surface area contributed by atoms with Gasteiger partial charge in [-0.15, -0.1) is 0 Å². The molecule has 0 saturated carbocycles. The fourth-order valence-electron chi connectivity index (χ4n) is 0.530. The van der Waals surface area contributed by atoms with Crippen molar-refractivity contribution in [2.75, 3.05) is 0 Å². The number of hydrogen-bond donors (Lipinski definition) is 1. The standard InChI is InChI=1S/C9H18NO/c1-6-8(11)10-7(2)9(3,4)5/h7H,1,6H2,2-5H3,(H,10,11). The number of nitrogens with one attached hydrogen (secondary N) is 1. The van der Waals surface area contributed by atoms with Gasteiger partial charge in [-0.1, -0.05) is 20.8 Å². The van der Waals surface area contributed by atoms with E-state index in [4.69, 9.17) is 0 Å². The summed E-state index contributed by atoms with van der Waals surface area (Å²) in [5.74, 6) is 0.0208. The van der Waals surface area contributed by atoms with Crippen molar-refractivity contribution in [2.45, 2.75) is 40.2 Å². The van der Waals surface area contributed by atoms with Crippen LogP contribution in [0, 0.1) is 12.3 Å². The van der Waals surface area contributed by atoms with E-state index in [0.29, 0.717) is 6.42 Å². The summed E-state index contributed by atoms with van der Waals surface area (Å²) in [5.41, 5.74) is 0.130. The van der Waals surface area contributed by atoms with E-state index in [1.165, 1.54) is 0 Å². The van der Waals surface area contributed by atoms with Crippen LogP contribution in [0.3, 0.4) is 0 Å². The molecule has 0 aliphatic rings. The summed E-state index contributed by atoms with van der Waals surface area (Å²) < 4.78 is 0. The molecule has 2 nitrogen and oxygen atoms in total. The van der Waals surface area contributed by atoms with Crippen molar-refractivity contribution in [3.8, 4) is 0 Å². The fourth-order valence-corrected chi connectivity index (χ4v) is 0.530. The van der Waals surface area contributed by atoms with E-state index in [2.05, 4.69) is 33.0 Å². The molecule has 0 aromatic rings. The van der Waals surface area contributed by atoms with Gasteiger partial charge in [0.2, 0.25) is 5.91 Å². The Balaban J connectivity index is 3.87. The second-order valence-electron chi connectivity index (χ2n) is 3.91. The summed E-state index contributed by atoms with van der Waals surface area (Å²) in [4.78, 5) is 10.9. The van der Waals surface area contributed by atoms with Gasteiger partial charge >= 0.3 is 0 Å². The van der Waals surface area contributed by atoms with E-state index in [1.807, 2.05) is 6.92 Å². The zero-order valence-electron chi connectivity index (χ0n) is 7.90. The Kier molecular flexibility index (Phi) is 3.56. The Bertz CT molecular complexity index is 135. The highest BCUT2D eigenvalue weighted by Crippen LogP contribution is 2.18. The van der Waals surface area contributed by atoms with Crippen LogP contribution in [0.4, 0.5) is 0 Å². The van der Waals surface area contributed by atoms with Crippen LogP contribution in [0.1, 0.15) is 34.1 Å². The lowest BCUT2D eigenvalue weighted by atomic mass is 9.88. The van der Waals surface area contributed by atoms with Crippen molar-refractivity contribution >= 4 is 5.91 Å². The highest BCUT2D eigenvalue weighted by molar-refractivity contribution is 5.76. The molecule has 1 unspecified atom stereocenters. The van der Waals surface area contributed by atoms with Gasteiger partial charge in [0.1, 0.15) is 0 Å². The van der Waals surface area contributed by atoms with Gasteiger partial charge in [-0.3, -0.25) is 4.79 Å². The summed E-state index contributed by atoms with van der Waals surface area (Å²) in [7, 11) is 0. The number of rotatable bonds is 2. The minimum Gasteiger partial charge on any atom is -0.353 e. The van der Waals surface area contributed by atoms with Crippen molar-refractivity contribution < 1.29 is 4.79 Å². The first-order chi connectivity index (χ1) is 4.88. The predicted molar refractivity (Wildman–Crippen MR) is 47.0 cm³/mol. The zero-order chi connectivity index (χ0) is 9.07. The SMILES string of the molecule is [CH2]CC(=O)NC(C)C(C)(C)C. The van der Waals surface area contributed by atoms with Gasteiger partial charge in [0.15, 0.2) is 0 Å². The summed E-state index contributed by atoms with van der Waals surface area (Å²) in [6.45, 7) is 11.8. The van der Waals surface area contributed by atoms with E-state index in [9.17, 15) is 4.79 Å². The monoisotopic (exact) mass is 156 g/mol. The second kappa shape index (κ2) is 3.74. The summed E-state index contributed by atoms with van der Waals surface area (Å²) in [6, 6.07) is 0.205. The van der Waals surface area contributed by atoms with Crippen LogP contribution in [0.2, 0.25) is 0 Å². The highest BCUT2D eigenvalue weighted by Gasteiger charge is 2.20. The molecule has 0 fully saturated rings. The maximum absolute atomic E-state index is 10.9. The smallest absolute Gasteiger partial charge is 0.220 e. The molecule has 65 valence electrons. The summed E-state index contributed by atoms with van der Waals surface area (Å²) in [6.07, 6.45) is 0.320. The molecule has 0 saturated heterocycles. The quantitative estimate of drug-likeness (QED) is 0.648. The lowest BCUT2D eigenvalue weighted by Gasteiger charge is -2.27. The van der Waals surface area contributed by atoms with Crippen molar-refractivity contribution in [2.24, 2.45) is 5.41 Å². The van der Waals surface area contributed by atoms with Gasteiger partial charge in [0, 0.05) is 12.5 Å². The lowest BCUT2D eigenvalue weighted by molar-refractivity contribution is -0.121. The molecule has 0 heterocycles. The minimum absolute atomic E-state index is 0.0208.